The molecule has 0 radical (unpaired) electrons. The van der Waals surface area contributed by atoms with Crippen molar-refractivity contribution in [3.8, 4) is 11.8 Å². The minimum atomic E-state index is -0.515. The van der Waals surface area contributed by atoms with Crippen LogP contribution in [0.2, 0.25) is 0 Å². The number of methoxy groups -OCH3 is 2. The van der Waals surface area contributed by atoms with Crippen molar-refractivity contribution in [1.82, 2.24) is 9.80 Å². The lowest BCUT2D eigenvalue weighted by Gasteiger charge is -2.38. The van der Waals surface area contributed by atoms with Crippen LogP contribution >= 0.6 is 0 Å². The van der Waals surface area contributed by atoms with Gasteiger partial charge in [0, 0.05) is 47.8 Å². The molecule has 186 valence electrons. The number of amides is 2. The molecule has 0 N–H and O–H groups in total. The van der Waals surface area contributed by atoms with E-state index in [0.29, 0.717) is 30.7 Å². The van der Waals surface area contributed by atoms with E-state index >= 15 is 0 Å². The predicted octanol–water partition coefficient (Wildman–Crippen LogP) is 2.08. The molecule has 0 aliphatic carbocycles. The van der Waals surface area contributed by atoms with Crippen molar-refractivity contribution < 1.29 is 28.5 Å². The van der Waals surface area contributed by atoms with Crippen molar-refractivity contribution in [2.45, 2.75) is 50.6 Å². The summed E-state index contributed by atoms with van der Waals surface area (Å²) in [5.74, 6) is -0.601. The lowest BCUT2D eigenvalue weighted by atomic mass is 9.97. The molecule has 2 heterocycles. The predicted molar refractivity (Wildman–Crippen MR) is 125 cm³/mol. The molecule has 2 aliphatic heterocycles. The van der Waals surface area contributed by atoms with E-state index in [4.69, 9.17) is 18.9 Å². The standard InChI is InChI=1S/C25H35N3O6/c1-16-21(32-5)14-28(3)25(30)19-8-6-7-17(13-26)23(19)33-12-11-18-9-10-20(31-4)22(34-18)15-27(2)24(16)29/h6-8,16,18,20-22H,9-12,14-15H2,1-5H3/t16-,18+,20-,21-,22-/m1/s1. The van der Waals surface area contributed by atoms with E-state index in [1.54, 1.807) is 51.2 Å². The van der Waals surface area contributed by atoms with E-state index in [9.17, 15) is 14.9 Å². The number of fused-ring (bicyclic) bond motifs is 3. The van der Waals surface area contributed by atoms with Gasteiger partial charge in [0.25, 0.3) is 5.91 Å². The van der Waals surface area contributed by atoms with Crippen molar-refractivity contribution >= 4 is 11.8 Å². The molecule has 9 heteroatoms. The fraction of sp³-hybridized carbons (Fsp3) is 0.640. The molecule has 0 saturated carbocycles. The average Bonchev–Trinajstić information content (AvgIpc) is 2.85. The van der Waals surface area contributed by atoms with E-state index < -0.39 is 12.0 Å². The Morgan fingerprint density at radius 2 is 1.76 bits per heavy atom. The number of hydrogen-bond donors (Lipinski definition) is 0. The van der Waals surface area contributed by atoms with Gasteiger partial charge >= 0.3 is 0 Å². The third-order valence-corrected chi connectivity index (χ3v) is 6.79. The molecule has 1 aromatic carbocycles. The molecule has 34 heavy (non-hydrogen) atoms. The maximum absolute atomic E-state index is 13.3. The van der Waals surface area contributed by atoms with Gasteiger partial charge in [-0.2, -0.15) is 5.26 Å². The molecular weight excluding hydrogens is 438 g/mol. The van der Waals surface area contributed by atoms with Crippen LogP contribution in [0.3, 0.4) is 0 Å². The second kappa shape index (κ2) is 11.6. The molecule has 1 saturated heterocycles. The van der Waals surface area contributed by atoms with Crippen LogP contribution in [0.1, 0.15) is 42.1 Å². The van der Waals surface area contributed by atoms with E-state index in [2.05, 4.69) is 6.07 Å². The van der Waals surface area contributed by atoms with Gasteiger partial charge in [-0.15, -0.1) is 0 Å². The summed E-state index contributed by atoms with van der Waals surface area (Å²) < 4.78 is 23.6. The highest BCUT2D eigenvalue weighted by atomic mass is 16.5. The Kier molecular flexibility index (Phi) is 8.89. The molecule has 5 atom stereocenters. The summed E-state index contributed by atoms with van der Waals surface area (Å²) in [6.45, 7) is 2.70. The van der Waals surface area contributed by atoms with E-state index in [0.717, 1.165) is 12.8 Å². The Morgan fingerprint density at radius 3 is 2.44 bits per heavy atom. The Balaban J connectivity index is 1.95. The number of carbonyl (C=O) groups is 2. The molecular formula is C25H35N3O6. The van der Waals surface area contributed by atoms with Gasteiger partial charge in [-0.25, -0.2) is 0 Å². The number of benzene rings is 1. The Hall–Kier alpha value is -2.67. The summed E-state index contributed by atoms with van der Waals surface area (Å²) in [5, 5.41) is 9.60. The van der Waals surface area contributed by atoms with Crippen LogP contribution in [0.4, 0.5) is 0 Å². The smallest absolute Gasteiger partial charge is 0.257 e. The van der Waals surface area contributed by atoms with E-state index in [-0.39, 0.29) is 42.4 Å². The average molecular weight is 474 g/mol. The van der Waals surface area contributed by atoms with Crippen molar-refractivity contribution in [2.75, 3.05) is 48.0 Å². The first kappa shape index (κ1) is 25.9. The van der Waals surface area contributed by atoms with Crippen LogP contribution in [-0.4, -0.2) is 94.0 Å². The third-order valence-electron chi connectivity index (χ3n) is 6.79. The number of para-hydroxylation sites is 1. The number of nitriles is 1. The lowest BCUT2D eigenvalue weighted by molar-refractivity contribution is -0.154. The molecule has 0 spiro atoms. The zero-order valence-electron chi connectivity index (χ0n) is 20.7. The Morgan fingerprint density at radius 1 is 1.03 bits per heavy atom. The van der Waals surface area contributed by atoms with Gasteiger partial charge in [0.1, 0.15) is 17.9 Å². The van der Waals surface area contributed by atoms with E-state index in [1.165, 1.54) is 12.0 Å². The van der Waals surface area contributed by atoms with Gasteiger partial charge in [-0.3, -0.25) is 9.59 Å². The summed E-state index contributed by atoms with van der Waals surface area (Å²) in [7, 11) is 6.61. The number of likely N-dealkylation sites (N-methyl/N-ethyl adjacent to an activating group) is 2. The van der Waals surface area contributed by atoms with Crippen LogP contribution in [0, 0.1) is 17.2 Å². The molecule has 2 amide bonds. The van der Waals surface area contributed by atoms with Crippen molar-refractivity contribution in [3.63, 3.8) is 0 Å². The Bertz CT molecular complexity index is 916. The van der Waals surface area contributed by atoms with Crippen molar-refractivity contribution in [3.05, 3.63) is 29.3 Å². The monoisotopic (exact) mass is 473 g/mol. The molecule has 1 fully saturated rings. The number of nitrogens with zero attached hydrogens (tertiary/aromatic N) is 3. The molecule has 1 aromatic rings. The number of rotatable bonds is 2. The first-order chi connectivity index (χ1) is 16.3. The van der Waals surface area contributed by atoms with Crippen LogP contribution in [-0.2, 0) is 19.0 Å². The molecule has 0 aromatic heterocycles. The van der Waals surface area contributed by atoms with Gasteiger partial charge in [-0.1, -0.05) is 13.0 Å². The summed E-state index contributed by atoms with van der Waals surface area (Å²) in [5.41, 5.74) is 0.609. The van der Waals surface area contributed by atoms with Gasteiger partial charge in [0.05, 0.1) is 42.0 Å². The molecule has 3 rings (SSSR count). The first-order valence-electron chi connectivity index (χ1n) is 11.7. The normalized spacial score (nSPS) is 29.2. The number of hydrogen-bond acceptors (Lipinski definition) is 7. The van der Waals surface area contributed by atoms with Crippen molar-refractivity contribution in [2.24, 2.45) is 5.92 Å². The largest absolute Gasteiger partial charge is 0.491 e. The second-order valence-electron chi connectivity index (χ2n) is 9.05. The minimum absolute atomic E-state index is 0.0759. The second-order valence-corrected chi connectivity index (χ2v) is 9.05. The zero-order chi connectivity index (χ0) is 24.8. The van der Waals surface area contributed by atoms with Gasteiger partial charge in [0.2, 0.25) is 5.91 Å². The van der Waals surface area contributed by atoms with E-state index in [1.807, 2.05) is 0 Å². The fourth-order valence-corrected chi connectivity index (χ4v) is 4.68. The third kappa shape index (κ3) is 5.69. The summed E-state index contributed by atoms with van der Waals surface area (Å²) in [6, 6.07) is 7.07. The maximum atomic E-state index is 13.3. The number of ether oxygens (including phenoxy) is 4. The van der Waals surface area contributed by atoms with Crippen LogP contribution in [0.15, 0.2) is 18.2 Å². The van der Waals surface area contributed by atoms with Crippen LogP contribution in [0.5, 0.6) is 5.75 Å². The summed E-state index contributed by atoms with van der Waals surface area (Å²) in [6.07, 6.45) is 1.25. The highest BCUT2D eigenvalue weighted by molar-refractivity contribution is 5.97. The SMILES string of the molecule is CO[C@@H]1CC[C@H]2CCOc3c(C#N)cccc3C(=O)N(C)C[C@@H](OC)[C@@H](C)C(=O)N(C)C[C@H]1O2. The summed E-state index contributed by atoms with van der Waals surface area (Å²) >= 11 is 0. The fourth-order valence-electron chi connectivity index (χ4n) is 4.68. The lowest BCUT2D eigenvalue weighted by Crippen LogP contribution is -2.50. The van der Waals surface area contributed by atoms with Crippen LogP contribution < -0.4 is 4.74 Å². The molecule has 2 aliphatic rings. The van der Waals surface area contributed by atoms with Gasteiger partial charge in [0.15, 0.2) is 0 Å². The molecule has 0 unspecified atom stereocenters. The zero-order valence-corrected chi connectivity index (χ0v) is 20.7. The first-order valence-corrected chi connectivity index (χ1v) is 11.7. The number of carbonyl (C=O) groups excluding carboxylic acids is 2. The quantitative estimate of drug-likeness (QED) is 0.648. The topological polar surface area (TPSA) is 101 Å². The highest BCUT2D eigenvalue weighted by Gasteiger charge is 2.36. The molecule has 9 nitrogen and oxygen atoms in total. The summed E-state index contributed by atoms with van der Waals surface area (Å²) in [4.78, 5) is 29.7. The molecule has 2 bridgehead atoms. The Labute approximate surface area is 201 Å². The minimum Gasteiger partial charge on any atom is -0.491 e. The maximum Gasteiger partial charge on any atom is 0.257 e. The van der Waals surface area contributed by atoms with Gasteiger partial charge in [-0.05, 0) is 25.0 Å². The van der Waals surface area contributed by atoms with Gasteiger partial charge < -0.3 is 28.7 Å². The van der Waals surface area contributed by atoms with Crippen LogP contribution in [0.25, 0.3) is 0 Å². The highest BCUT2D eigenvalue weighted by Crippen LogP contribution is 2.28. The van der Waals surface area contributed by atoms with Crippen molar-refractivity contribution in [1.29, 1.82) is 5.26 Å².